The lowest BCUT2D eigenvalue weighted by Gasteiger charge is -1.94. The van der Waals surface area contributed by atoms with E-state index >= 15 is 0 Å². The van der Waals surface area contributed by atoms with Gasteiger partial charge in [0.25, 0.3) is 0 Å². The van der Waals surface area contributed by atoms with E-state index in [1.54, 1.807) is 6.08 Å². The van der Waals surface area contributed by atoms with Gasteiger partial charge in [0.05, 0.1) is 0 Å². The number of allylic oxidation sites excluding steroid dienone is 2. The molecule has 0 amide bonds. The van der Waals surface area contributed by atoms with Crippen LogP contribution in [0.1, 0.15) is 57.8 Å². The van der Waals surface area contributed by atoms with Crippen molar-refractivity contribution in [3.8, 4) is 59.7 Å². The zero-order chi connectivity index (χ0) is 16.8. The second kappa shape index (κ2) is 19.5. The van der Waals surface area contributed by atoms with Crippen molar-refractivity contribution >= 4 is 0 Å². The number of hydrogen-bond donors (Lipinski definition) is 1. The van der Waals surface area contributed by atoms with E-state index in [1.807, 2.05) is 6.08 Å². The van der Waals surface area contributed by atoms with Crippen molar-refractivity contribution in [1.29, 1.82) is 0 Å². The van der Waals surface area contributed by atoms with Crippen molar-refractivity contribution in [2.24, 2.45) is 0 Å². The predicted molar refractivity (Wildman–Crippen MR) is 97.7 cm³/mol. The van der Waals surface area contributed by atoms with E-state index in [9.17, 15) is 0 Å². The van der Waals surface area contributed by atoms with Crippen molar-refractivity contribution in [3.05, 3.63) is 12.2 Å². The summed E-state index contributed by atoms with van der Waals surface area (Å²) in [6.07, 6.45) is 17.8. The molecule has 0 aliphatic heterocycles. The van der Waals surface area contributed by atoms with Crippen LogP contribution < -0.4 is 0 Å². The van der Waals surface area contributed by atoms with Crippen molar-refractivity contribution < 1.29 is 5.11 Å². The smallest absolute Gasteiger partial charge is 0.104 e. The monoisotopic (exact) mass is 304 g/mol. The Bertz CT molecular complexity index is 600. The highest BCUT2D eigenvalue weighted by Gasteiger charge is 1.86. The number of unbranched alkanes of at least 4 members (excludes halogenated alkanes) is 7. The van der Waals surface area contributed by atoms with Gasteiger partial charge in [-0.05, 0) is 55.4 Å². The van der Waals surface area contributed by atoms with Crippen molar-refractivity contribution in [2.75, 3.05) is 6.61 Å². The van der Waals surface area contributed by atoms with E-state index in [-0.39, 0.29) is 6.61 Å². The fourth-order valence-corrected chi connectivity index (χ4v) is 1.66. The first-order chi connectivity index (χ1) is 11.4. The molecule has 0 aromatic heterocycles. The highest BCUT2D eigenvalue weighted by molar-refractivity contribution is 5.35. The molecule has 0 radical (unpaired) electrons. The summed E-state index contributed by atoms with van der Waals surface area (Å²) < 4.78 is 0. The molecule has 0 aromatic rings. The summed E-state index contributed by atoms with van der Waals surface area (Å²) in [6, 6.07) is 0. The molecular weight excluding hydrogens is 280 g/mol. The van der Waals surface area contributed by atoms with Gasteiger partial charge in [0.2, 0.25) is 0 Å². The Morgan fingerprint density at radius 2 is 1.30 bits per heavy atom. The minimum absolute atomic E-state index is 0.0369. The lowest BCUT2D eigenvalue weighted by Crippen LogP contribution is -1.78. The molecular formula is C22H24O. The lowest BCUT2D eigenvalue weighted by molar-refractivity contribution is 0.350. The van der Waals surface area contributed by atoms with Crippen LogP contribution in [0.4, 0.5) is 0 Å². The molecule has 0 bridgehead atoms. The topological polar surface area (TPSA) is 20.2 Å². The van der Waals surface area contributed by atoms with Crippen LogP contribution in [0.5, 0.6) is 0 Å². The van der Waals surface area contributed by atoms with E-state index in [0.29, 0.717) is 0 Å². The molecule has 0 heterocycles. The molecule has 23 heavy (non-hydrogen) atoms. The summed E-state index contributed by atoms with van der Waals surface area (Å²) in [4.78, 5) is 0. The van der Waals surface area contributed by atoms with Crippen LogP contribution in [0, 0.1) is 59.7 Å². The summed E-state index contributed by atoms with van der Waals surface area (Å²) in [6.45, 7) is -0.0369. The van der Waals surface area contributed by atoms with Crippen molar-refractivity contribution in [1.82, 2.24) is 0 Å². The number of terminal acetylenes is 1. The number of hydrogen-bond acceptors (Lipinski definition) is 1. The third-order valence-corrected chi connectivity index (χ3v) is 2.81. The van der Waals surface area contributed by atoms with E-state index in [4.69, 9.17) is 11.5 Å². The Morgan fingerprint density at radius 1 is 0.696 bits per heavy atom. The molecule has 0 aromatic carbocycles. The molecule has 0 aliphatic rings. The predicted octanol–water partition coefficient (Wildman–Crippen LogP) is 3.69. The van der Waals surface area contributed by atoms with Gasteiger partial charge < -0.3 is 5.11 Å². The Kier molecular flexibility index (Phi) is 17.4. The van der Waals surface area contributed by atoms with Crippen LogP contribution >= 0.6 is 0 Å². The van der Waals surface area contributed by atoms with E-state index in [2.05, 4.69) is 53.3 Å². The second-order valence-corrected chi connectivity index (χ2v) is 4.74. The Hall–Kier alpha value is -2.50. The summed E-state index contributed by atoms with van der Waals surface area (Å²) >= 11 is 0. The van der Waals surface area contributed by atoms with Crippen LogP contribution in [0.25, 0.3) is 0 Å². The molecule has 0 spiro atoms. The molecule has 0 unspecified atom stereocenters. The summed E-state index contributed by atoms with van der Waals surface area (Å²) in [5.41, 5.74) is 0. The minimum atomic E-state index is -0.0369. The average Bonchev–Trinajstić information content (AvgIpc) is 2.57. The maximum absolute atomic E-state index is 8.49. The maximum atomic E-state index is 8.49. The summed E-state index contributed by atoms with van der Waals surface area (Å²) in [5, 5.41) is 8.49. The van der Waals surface area contributed by atoms with Crippen LogP contribution in [-0.4, -0.2) is 11.7 Å². The van der Waals surface area contributed by atoms with Crippen molar-refractivity contribution in [3.63, 3.8) is 0 Å². The highest BCUT2D eigenvalue weighted by Crippen LogP contribution is 2.03. The standard InChI is InChI=1S/C22H24O/c1-2-3-4-5-6-7-8-9-10-11-12-13-14-15-16-17-18-19-20-21-22-23/h1,3-4,23H,5-7,14-19,22H2/b4-3-. The third-order valence-electron chi connectivity index (χ3n) is 2.81. The highest BCUT2D eigenvalue weighted by atomic mass is 16.2. The van der Waals surface area contributed by atoms with Gasteiger partial charge in [-0.3, -0.25) is 0 Å². The van der Waals surface area contributed by atoms with Crippen LogP contribution in [-0.2, 0) is 0 Å². The Labute approximate surface area is 142 Å². The molecule has 0 fully saturated rings. The SMILES string of the molecule is C#C/C=C\CCCC#CC#CC#CCCCCCCC#CCO. The largest absolute Gasteiger partial charge is 0.384 e. The quantitative estimate of drug-likeness (QED) is 0.535. The van der Waals surface area contributed by atoms with Gasteiger partial charge in [-0.15, -0.1) is 12.3 Å². The number of aliphatic hydroxyl groups excluding tert-OH is 1. The first-order valence-electron chi connectivity index (χ1n) is 8.05. The van der Waals surface area contributed by atoms with E-state index < -0.39 is 0 Å². The van der Waals surface area contributed by atoms with Gasteiger partial charge in [-0.25, -0.2) is 0 Å². The molecule has 0 atom stereocenters. The fraction of sp³-hybridized carbons (Fsp3) is 0.455. The zero-order valence-corrected chi connectivity index (χ0v) is 13.8. The minimum Gasteiger partial charge on any atom is -0.384 e. The van der Waals surface area contributed by atoms with E-state index in [1.165, 1.54) is 0 Å². The van der Waals surface area contributed by atoms with Gasteiger partial charge in [0.15, 0.2) is 0 Å². The molecule has 0 saturated carbocycles. The Morgan fingerprint density at radius 3 is 1.91 bits per heavy atom. The van der Waals surface area contributed by atoms with Crippen molar-refractivity contribution in [2.45, 2.75) is 57.8 Å². The maximum Gasteiger partial charge on any atom is 0.104 e. The van der Waals surface area contributed by atoms with Gasteiger partial charge in [0.1, 0.15) is 6.61 Å². The number of rotatable bonds is 8. The zero-order valence-electron chi connectivity index (χ0n) is 13.8. The molecule has 0 saturated heterocycles. The molecule has 1 heteroatoms. The van der Waals surface area contributed by atoms with E-state index in [0.717, 1.165) is 57.8 Å². The van der Waals surface area contributed by atoms with Crippen LogP contribution in [0.3, 0.4) is 0 Å². The third kappa shape index (κ3) is 19.5. The molecule has 118 valence electrons. The number of aliphatic hydroxyl groups is 1. The fourth-order valence-electron chi connectivity index (χ4n) is 1.66. The average molecular weight is 304 g/mol. The molecule has 0 rings (SSSR count). The lowest BCUT2D eigenvalue weighted by atomic mass is 10.1. The Balaban J connectivity index is 3.52. The van der Waals surface area contributed by atoms with Crippen LogP contribution in [0.15, 0.2) is 12.2 Å². The van der Waals surface area contributed by atoms with Gasteiger partial charge >= 0.3 is 0 Å². The van der Waals surface area contributed by atoms with Gasteiger partial charge in [-0.2, -0.15) is 0 Å². The van der Waals surface area contributed by atoms with Crippen LogP contribution in [0.2, 0.25) is 0 Å². The normalized spacial score (nSPS) is 8.35. The first-order valence-corrected chi connectivity index (χ1v) is 8.05. The first kappa shape index (κ1) is 20.5. The van der Waals surface area contributed by atoms with Gasteiger partial charge in [0, 0.05) is 19.3 Å². The second-order valence-electron chi connectivity index (χ2n) is 4.74. The summed E-state index contributed by atoms with van der Waals surface area (Å²) in [7, 11) is 0. The summed E-state index contributed by atoms with van der Waals surface area (Å²) in [5.74, 6) is 25.2. The molecule has 1 N–H and O–H groups in total. The molecule has 1 nitrogen and oxygen atoms in total. The van der Waals surface area contributed by atoms with Gasteiger partial charge in [-0.1, -0.05) is 42.6 Å². The molecule has 0 aliphatic carbocycles.